The molecule has 1 heterocycles. The average molecular weight is 286 g/mol. The second kappa shape index (κ2) is 4.84. The summed E-state index contributed by atoms with van der Waals surface area (Å²) < 4.78 is 5.75. The Morgan fingerprint density at radius 2 is 2.14 bits per heavy atom. The van der Waals surface area contributed by atoms with Gasteiger partial charge in [0.05, 0.1) is 12.0 Å². The minimum absolute atomic E-state index is 0.110. The van der Waals surface area contributed by atoms with Crippen LogP contribution in [0.15, 0.2) is 22.6 Å². The predicted molar refractivity (Wildman–Crippen MR) is 78.0 cm³/mol. The number of aromatic nitrogens is 1. The maximum absolute atomic E-state index is 12.2. The Labute approximate surface area is 122 Å². The summed E-state index contributed by atoms with van der Waals surface area (Å²) in [6.45, 7) is 0. The highest BCUT2D eigenvalue weighted by molar-refractivity contribution is 5.94. The van der Waals surface area contributed by atoms with Crippen LogP contribution in [0, 0.1) is 5.92 Å². The summed E-state index contributed by atoms with van der Waals surface area (Å²) in [7, 11) is 0. The van der Waals surface area contributed by atoms with E-state index >= 15 is 0 Å². The number of anilines is 1. The summed E-state index contributed by atoms with van der Waals surface area (Å²) in [5, 5.41) is 12.7. The Balaban J connectivity index is 1.54. The third-order valence-corrected chi connectivity index (χ3v) is 4.42. The number of aliphatic hydroxyl groups is 1. The summed E-state index contributed by atoms with van der Waals surface area (Å²) in [6.07, 6.45) is 4.16. The first-order valence-electron chi connectivity index (χ1n) is 7.60. The molecule has 2 aliphatic rings. The monoisotopic (exact) mass is 286 g/mol. The number of benzene rings is 1. The summed E-state index contributed by atoms with van der Waals surface area (Å²) in [5.41, 5.74) is 2.24. The molecule has 0 radical (unpaired) electrons. The number of carbonyl (C=O) groups excluding carboxylic acids is 1. The van der Waals surface area contributed by atoms with E-state index in [0.29, 0.717) is 23.6 Å². The number of hydrogen-bond donors (Lipinski definition) is 2. The lowest BCUT2D eigenvalue weighted by Gasteiger charge is -2.14. The third-order valence-electron chi connectivity index (χ3n) is 4.42. The number of carbonyl (C=O) groups is 1. The summed E-state index contributed by atoms with van der Waals surface area (Å²) in [6, 6.07) is 5.51. The minimum Gasteiger partial charge on any atom is -0.440 e. The Morgan fingerprint density at radius 1 is 1.29 bits per heavy atom. The molecule has 2 fully saturated rings. The van der Waals surface area contributed by atoms with E-state index in [1.165, 1.54) is 0 Å². The number of nitrogens with zero attached hydrogens (tertiary/aromatic N) is 1. The fraction of sp³-hybridized carbons (Fsp3) is 0.500. The summed E-state index contributed by atoms with van der Waals surface area (Å²) in [5.74, 6) is 0.877. The van der Waals surface area contributed by atoms with Crippen molar-refractivity contribution in [3.05, 3.63) is 24.1 Å². The number of oxazole rings is 1. The van der Waals surface area contributed by atoms with Gasteiger partial charge >= 0.3 is 0 Å². The van der Waals surface area contributed by atoms with Crippen molar-refractivity contribution >= 4 is 22.7 Å². The molecule has 5 nitrogen and oxygen atoms in total. The maximum Gasteiger partial charge on any atom is 0.230 e. The fourth-order valence-electron chi connectivity index (χ4n) is 3.01. The number of rotatable bonds is 3. The molecule has 1 amide bonds. The molecule has 2 saturated carbocycles. The summed E-state index contributed by atoms with van der Waals surface area (Å²) in [4.78, 5) is 16.6. The van der Waals surface area contributed by atoms with Crippen molar-refractivity contribution < 1.29 is 14.3 Å². The zero-order valence-electron chi connectivity index (χ0n) is 11.7. The molecule has 4 rings (SSSR count). The molecule has 2 N–H and O–H groups in total. The maximum atomic E-state index is 12.2. The van der Waals surface area contributed by atoms with Gasteiger partial charge in [-0.1, -0.05) is 0 Å². The Hall–Kier alpha value is -1.88. The molecule has 2 atom stereocenters. The van der Waals surface area contributed by atoms with E-state index in [4.69, 9.17) is 4.42 Å². The van der Waals surface area contributed by atoms with E-state index in [0.717, 1.165) is 37.1 Å². The van der Waals surface area contributed by atoms with Crippen LogP contribution in [0.25, 0.3) is 11.1 Å². The second-order valence-corrected chi connectivity index (χ2v) is 6.10. The van der Waals surface area contributed by atoms with Crippen LogP contribution >= 0.6 is 0 Å². The molecule has 0 bridgehead atoms. The highest BCUT2D eigenvalue weighted by atomic mass is 16.3. The van der Waals surface area contributed by atoms with Crippen molar-refractivity contribution in [2.24, 2.45) is 5.92 Å². The van der Waals surface area contributed by atoms with E-state index in [2.05, 4.69) is 10.3 Å². The first-order valence-corrected chi connectivity index (χ1v) is 7.60. The van der Waals surface area contributed by atoms with Gasteiger partial charge in [-0.05, 0) is 44.2 Å². The first-order chi connectivity index (χ1) is 10.2. The lowest BCUT2D eigenvalue weighted by molar-refractivity contribution is -0.122. The van der Waals surface area contributed by atoms with Crippen LogP contribution in [0.3, 0.4) is 0 Å². The number of nitrogens with one attached hydrogen (secondary N) is 1. The number of fused-ring (bicyclic) bond motifs is 1. The summed E-state index contributed by atoms with van der Waals surface area (Å²) >= 11 is 0. The zero-order valence-corrected chi connectivity index (χ0v) is 11.7. The van der Waals surface area contributed by atoms with Crippen LogP contribution in [-0.2, 0) is 4.79 Å². The van der Waals surface area contributed by atoms with Crippen LogP contribution in [0.1, 0.15) is 43.9 Å². The van der Waals surface area contributed by atoms with Gasteiger partial charge in [0.2, 0.25) is 5.91 Å². The normalized spacial score (nSPS) is 25.4. The zero-order chi connectivity index (χ0) is 14.4. The fourth-order valence-corrected chi connectivity index (χ4v) is 3.01. The largest absolute Gasteiger partial charge is 0.440 e. The van der Waals surface area contributed by atoms with E-state index in [9.17, 15) is 9.90 Å². The van der Waals surface area contributed by atoms with Gasteiger partial charge in [-0.15, -0.1) is 0 Å². The minimum atomic E-state index is -0.513. The van der Waals surface area contributed by atoms with Crippen LogP contribution in [0.2, 0.25) is 0 Å². The molecule has 0 spiro atoms. The third kappa shape index (κ3) is 2.42. The lowest BCUT2D eigenvalue weighted by Crippen LogP contribution is -2.28. The van der Waals surface area contributed by atoms with Crippen LogP contribution < -0.4 is 5.32 Å². The quantitative estimate of drug-likeness (QED) is 0.909. The van der Waals surface area contributed by atoms with Gasteiger partial charge in [0, 0.05) is 17.7 Å². The van der Waals surface area contributed by atoms with Crippen molar-refractivity contribution in [1.29, 1.82) is 0 Å². The second-order valence-electron chi connectivity index (χ2n) is 6.10. The number of hydrogen-bond acceptors (Lipinski definition) is 4. The van der Waals surface area contributed by atoms with E-state index in [1.807, 2.05) is 18.2 Å². The van der Waals surface area contributed by atoms with Crippen molar-refractivity contribution in [2.75, 3.05) is 5.32 Å². The number of aliphatic hydroxyl groups excluding tert-OH is 1. The van der Waals surface area contributed by atoms with Gasteiger partial charge in [0.15, 0.2) is 11.5 Å². The van der Waals surface area contributed by atoms with Gasteiger partial charge in [-0.25, -0.2) is 4.98 Å². The Morgan fingerprint density at radius 3 is 2.86 bits per heavy atom. The molecule has 21 heavy (non-hydrogen) atoms. The standard InChI is InChI=1S/C16H18N2O3/c19-13-3-1-2-11(13)15(20)17-10-6-7-12-14(8-10)21-16(18-12)9-4-5-9/h6-9,11,13,19H,1-5H2,(H,17,20). The van der Waals surface area contributed by atoms with Gasteiger partial charge in [0.25, 0.3) is 0 Å². The molecule has 1 aromatic carbocycles. The van der Waals surface area contributed by atoms with Crippen LogP contribution in [-0.4, -0.2) is 22.1 Å². The average Bonchev–Trinajstić information content (AvgIpc) is 3.09. The molecule has 2 unspecified atom stereocenters. The molecule has 1 aromatic heterocycles. The van der Waals surface area contributed by atoms with Crippen LogP contribution in [0.5, 0.6) is 0 Å². The van der Waals surface area contributed by atoms with Crippen molar-refractivity contribution in [3.8, 4) is 0 Å². The highest BCUT2D eigenvalue weighted by Crippen LogP contribution is 2.40. The molecular formula is C16H18N2O3. The molecular weight excluding hydrogens is 268 g/mol. The predicted octanol–water partition coefficient (Wildman–Crippen LogP) is 2.80. The van der Waals surface area contributed by atoms with E-state index in [1.54, 1.807) is 0 Å². The van der Waals surface area contributed by atoms with Crippen LogP contribution in [0.4, 0.5) is 5.69 Å². The SMILES string of the molecule is O=C(Nc1ccc2nc(C3CC3)oc2c1)C1CCCC1O. The smallest absolute Gasteiger partial charge is 0.230 e. The molecule has 2 aromatic rings. The first kappa shape index (κ1) is 12.8. The molecule has 5 heteroatoms. The Kier molecular flexibility index (Phi) is 2.96. The van der Waals surface area contributed by atoms with Gasteiger partial charge < -0.3 is 14.8 Å². The molecule has 0 saturated heterocycles. The van der Waals surface area contributed by atoms with Gasteiger partial charge in [-0.2, -0.15) is 0 Å². The number of amides is 1. The molecule has 110 valence electrons. The topological polar surface area (TPSA) is 75.4 Å². The van der Waals surface area contributed by atoms with Crippen molar-refractivity contribution in [3.63, 3.8) is 0 Å². The van der Waals surface area contributed by atoms with Gasteiger partial charge in [-0.3, -0.25) is 4.79 Å². The van der Waals surface area contributed by atoms with Gasteiger partial charge in [0.1, 0.15) is 5.52 Å². The van der Waals surface area contributed by atoms with E-state index in [-0.39, 0.29) is 11.8 Å². The lowest BCUT2D eigenvalue weighted by atomic mass is 10.1. The molecule has 0 aliphatic heterocycles. The van der Waals surface area contributed by atoms with E-state index < -0.39 is 6.10 Å². The Bertz CT molecular complexity index is 690. The van der Waals surface area contributed by atoms with Crippen molar-refractivity contribution in [1.82, 2.24) is 4.98 Å². The van der Waals surface area contributed by atoms with Crippen molar-refractivity contribution in [2.45, 2.75) is 44.1 Å². The highest BCUT2D eigenvalue weighted by Gasteiger charge is 2.32. The molecule has 2 aliphatic carbocycles.